The molecule has 0 amide bonds. The maximum absolute atomic E-state index is 12.8. The van der Waals surface area contributed by atoms with E-state index in [-0.39, 0.29) is 5.41 Å². The maximum atomic E-state index is 12.8. The van der Waals surface area contributed by atoms with Gasteiger partial charge in [0.2, 0.25) is 11.9 Å². The number of hydrogen-bond donors (Lipinski definition) is 1. The molecule has 4 nitrogen and oxygen atoms in total. The van der Waals surface area contributed by atoms with Crippen molar-refractivity contribution in [3.8, 4) is 0 Å². The molecule has 0 aromatic heterocycles. The standard InChI is InChI=1S/C18H24O4/c1-16(2,3)15-21-14(19)18(22-15,13-9-5-4-6-10-13)17(20)11-7-8-12-17/h4-6,9-10,15,20H,7-8,11-12H2,1-3H3. The Labute approximate surface area is 131 Å². The van der Waals surface area contributed by atoms with E-state index < -0.39 is 23.5 Å². The van der Waals surface area contributed by atoms with Gasteiger partial charge in [0.15, 0.2) is 0 Å². The van der Waals surface area contributed by atoms with Gasteiger partial charge in [-0.3, -0.25) is 0 Å². The monoisotopic (exact) mass is 304 g/mol. The molecule has 1 aromatic rings. The highest BCUT2D eigenvalue weighted by molar-refractivity contribution is 5.85. The molecule has 2 fully saturated rings. The average Bonchev–Trinajstić information content (AvgIpc) is 3.05. The van der Waals surface area contributed by atoms with Gasteiger partial charge in [-0.15, -0.1) is 0 Å². The van der Waals surface area contributed by atoms with Crippen LogP contribution in [-0.4, -0.2) is 23.0 Å². The summed E-state index contributed by atoms with van der Waals surface area (Å²) in [6.07, 6.45) is 2.22. The van der Waals surface area contributed by atoms with Crippen LogP contribution in [0.4, 0.5) is 0 Å². The predicted molar refractivity (Wildman–Crippen MR) is 82.0 cm³/mol. The van der Waals surface area contributed by atoms with Crippen molar-refractivity contribution < 1.29 is 19.4 Å². The Kier molecular flexibility index (Phi) is 3.57. The first kappa shape index (κ1) is 15.5. The molecule has 0 radical (unpaired) electrons. The third kappa shape index (κ3) is 2.17. The summed E-state index contributed by atoms with van der Waals surface area (Å²) in [5, 5.41) is 11.2. The first-order valence-electron chi connectivity index (χ1n) is 7.96. The number of rotatable bonds is 2. The number of cyclic esters (lactones) is 1. The summed E-state index contributed by atoms with van der Waals surface area (Å²) in [4.78, 5) is 12.8. The van der Waals surface area contributed by atoms with Crippen molar-refractivity contribution in [2.24, 2.45) is 5.41 Å². The maximum Gasteiger partial charge on any atom is 0.348 e. The lowest BCUT2D eigenvalue weighted by Crippen LogP contribution is -2.54. The molecule has 1 aliphatic carbocycles. The largest absolute Gasteiger partial charge is 0.433 e. The molecule has 1 aliphatic heterocycles. The van der Waals surface area contributed by atoms with Crippen molar-refractivity contribution in [2.45, 2.75) is 63.9 Å². The summed E-state index contributed by atoms with van der Waals surface area (Å²) in [7, 11) is 0. The van der Waals surface area contributed by atoms with E-state index in [9.17, 15) is 9.90 Å². The van der Waals surface area contributed by atoms with Crippen LogP contribution in [0.3, 0.4) is 0 Å². The van der Waals surface area contributed by atoms with Crippen molar-refractivity contribution in [2.75, 3.05) is 0 Å². The predicted octanol–water partition coefficient (Wildman–Crippen LogP) is 3.13. The topological polar surface area (TPSA) is 55.8 Å². The van der Waals surface area contributed by atoms with Gasteiger partial charge in [-0.05, 0) is 18.4 Å². The van der Waals surface area contributed by atoms with Gasteiger partial charge in [-0.1, -0.05) is 63.9 Å². The number of aliphatic hydroxyl groups is 1. The first-order valence-corrected chi connectivity index (χ1v) is 7.96. The average molecular weight is 304 g/mol. The van der Waals surface area contributed by atoms with E-state index in [1.54, 1.807) is 0 Å². The Morgan fingerprint density at radius 1 is 1.14 bits per heavy atom. The van der Waals surface area contributed by atoms with E-state index in [0.717, 1.165) is 12.8 Å². The lowest BCUT2D eigenvalue weighted by atomic mass is 9.76. The van der Waals surface area contributed by atoms with Crippen LogP contribution in [0.5, 0.6) is 0 Å². The molecule has 3 rings (SSSR count). The fourth-order valence-electron chi connectivity index (χ4n) is 3.51. The Morgan fingerprint density at radius 3 is 2.23 bits per heavy atom. The van der Waals surface area contributed by atoms with Gasteiger partial charge >= 0.3 is 5.97 Å². The van der Waals surface area contributed by atoms with Crippen LogP contribution in [0.2, 0.25) is 0 Å². The lowest BCUT2D eigenvalue weighted by molar-refractivity contribution is -0.207. The van der Waals surface area contributed by atoms with Crippen LogP contribution in [0.25, 0.3) is 0 Å². The van der Waals surface area contributed by atoms with E-state index in [2.05, 4.69) is 0 Å². The van der Waals surface area contributed by atoms with Gasteiger partial charge in [0.25, 0.3) is 0 Å². The second-order valence-corrected chi connectivity index (χ2v) is 7.51. The third-order valence-corrected chi connectivity index (χ3v) is 4.76. The molecule has 1 saturated carbocycles. The van der Waals surface area contributed by atoms with Gasteiger partial charge < -0.3 is 14.6 Å². The highest BCUT2D eigenvalue weighted by Crippen LogP contribution is 2.52. The summed E-state index contributed by atoms with van der Waals surface area (Å²) in [5.41, 5.74) is -2.29. The quantitative estimate of drug-likeness (QED) is 0.853. The molecule has 2 aliphatic rings. The highest BCUT2D eigenvalue weighted by Gasteiger charge is 2.66. The molecule has 1 aromatic carbocycles. The minimum Gasteiger partial charge on any atom is -0.433 e. The smallest absolute Gasteiger partial charge is 0.348 e. The van der Waals surface area contributed by atoms with E-state index in [1.165, 1.54) is 0 Å². The molecule has 0 spiro atoms. The van der Waals surface area contributed by atoms with Gasteiger partial charge in [-0.2, -0.15) is 0 Å². The summed E-state index contributed by atoms with van der Waals surface area (Å²) < 4.78 is 11.7. The van der Waals surface area contributed by atoms with Crippen molar-refractivity contribution in [3.05, 3.63) is 35.9 Å². The summed E-state index contributed by atoms with van der Waals surface area (Å²) in [6, 6.07) is 9.27. The lowest BCUT2D eigenvalue weighted by Gasteiger charge is -2.39. The Hall–Kier alpha value is -1.39. The van der Waals surface area contributed by atoms with E-state index in [4.69, 9.17) is 9.47 Å². The fourth-order valence-corrected chi connectivity index (χ4v) is 3.51. The van der Waals surface area contributed by atoms with Gasteiger partial charge in [0, 0.05) is 5.41 Å². The van der Waals surface area contributed by atoms with Crippen LogP contribution >= 0.6 is 0 Å². The third-order valence-electron chi connectivity index (χ3n) is 4.76. The molecule has 120 valence electrons. The van der Waals surface area contributed by atoms with Gasteiger partial charge in [0.1, 0.15) is 5.60 Å². The molecule has 0 bridgehead atoms. The first-order chi connectivity index (χ1) is 10.3. The normalized spacial score (nSPS) is 31.3. The number of carbonyl (C=O) groups excluding carboxylic acids is 1. The van der Waals surface area contributed by atoms with E-state index >= 15 is 0 Å². The molecule has 2 atom stereocenters. The Morgan fingerprint density at radius 2 is 1.73 bits per heavy atom. The van der Waals surface area contributed by atoms with Crippen LogP contribution < -0.4 is 0 Å². The van der Waals surface area contributed by atoms with Crippen molar-refractivity contribution in [3.63, 3.8) is 0 Å². The van der Waals surface area contributed by atoms with Crippen LogP contribution in [0.1, 0.15) is 52.0 Å². The zero-order chi connectivity index (χ0) is 16.0. The highest BCUT2D eigenvalue weighted by atomic mass is 16.8. The summed E-state index contributed by atoms with van der Waals surface area (Å²) in [5.74, 6) is -0.469. The number of carbonyl (C=O) groups is 1. The molecule has 22 heavy (non-hydrogen) atoms. The van der Waals surface area contributed by atoms with Crippen LogP contribution in [0.15, 0.2) is 30.3 Å². The SMILES string of the molecule is CC(C)(C)C1OC(=O)C(c2ccccc2)(C2(O)CCCC2)O1. The zero-order valence-electron chi connectivity index (χ0n) is 13.5. The van der Waals surface area contributed by atoms with Crippen molar-refractivity contribution >= 4 is 5.97 Å². The van der Waals surface area contributed by atoms with Gasteiger partial charge in [0.05, 0.1) is 0 Å². The molecular weight excluding hydrogens is 280 g/mol. The van der Waals surface area contributed by atoms with Crippen LogP contribution in [0, 0.1) is 5.41 Å². The van der Waals surface area contributed by atoms with Crippen molar-refractivity contribution in [1.29, 1.82) is 0 Å². The summed E-state index contributed by atoms with van der Waals surface area (Å²) in [6.45, 7) is 5.89. The number of ether oxygens (including phenoxy) is 2. The molecule has 1 saturated heterocycles. The second-order valence-electron chi connectivity index (χ2n) is 7.51. The van der Waals surface area contributed by atoms with E-state index in [0.29, 0.717) is 18.4 Å². The fraction of sp³-hybridized carbons (Fsp3) is 0.611. The Bertz CT molecular complexity index is 554. The number of esters is 1. The zero-order valence-corrected chi connectivity index (χ0v) is 13.5. The minimum atomic E-state index is -1.41. The number of benzene rings is 1. The molecule has 1 N–H and O–H groups in total. The van der Waals surface area contributed by atoms with E-state index in [1.807, 2.05) is 51.1 Å². The molecule has 1 heterocycles. The van der Waals surface area contributed by atoms with Crippen LogP contribution in [-0.2, 0) is 19.9 Å². The second kappa shape index (κ2) is 5.07. The van der Waals surface area contributed by atoms with Gasteiger partial charge in [-0.25, -0.2) is 4.79 Å². The Balaban J connectivity index is 2.11. The molecule has 2 unspecified atom stereocenters. The molecular formula is C18H24O4. The molecule has 4 heteroatoms. The van der Waals surface area contributed by atoms with Crippen molar-refractivity contribution in [1.82, 2.24) is 0 Å². The summed E-state index contributed by atoms with van der Waals surface area (Å²) >= 11 is 0. The number of hydrogen-bond acceptors (Lipinski definition) is 4. The minimum absolute atomic E-state index is 0.346.